The molecule has 0 atom stereocenters. The Balaban J connectivity index is 0.938. The third-order valence-electron chi connectivity index (χ3n) is 21.0. The van der Waals surface area contributed by atoms with E-state index in [1.807, 2.05) is 11.1 Å². The first-order valence-electron chi connectivity index (χ1n) is 24.7. The molecule has 2 heteroatoms. The normalized spacial score (nSPS) is 53.8. The van der Waals surface area contributed by atoms with E-state index in [-0.39, 0.29) is 21.3 Å². The van der Waals surface area contributed by atoms with E-state index < -0.39 is 0 Å². The predicted molar refractivity (Wildman–Crippen MR) is 230 cm³/mol. The van der Waals surface area contributed by atoms with Crippen molar-refractivity contribution < 1.29 is 0 Å². The van der Waals surface area contributed by atoms with Gasteiger partial charge in [0.15, 0.2) is 0 Å². The largest absolute Gasteiger partial charge is 0.0894 e. The van der Waals surface area contributed by atoms with Gasteiger partial charge in [-0.15, -0.1) is 0 Å². The molecule has 0 amide bonds. The van der Waals surface area contributed by atoms with Crippen molar-refractivity contribution in [2.24, 2.45) is 71.0 Å². The van der Waals surface area contributed by atoms with Crippen LogP contribution in [0.15, 0.2) is 18.2 Å². The molecule has 16 saturated carbocycles. The van der Waals surface area contributed by atoms with Gasteiger partial charge < -0.3 is 0 Å². The second-order valence-corrected chi connectivity index (χ2v) is 32.1. The summed E-state index contributed by atoms with van der Waals surface area (Å²) in [7, 11) is -0.0324. The SMILES string of the molecule is CC(C)(C)c1ccc(CP(C23CC4CC(CC(C4)C2)C3)C23CC4CC(CC(C4)C2)C3)c(CP(C23CC4CC(CC(C4)C2)C3)C23CC4CC(CC(C4)C2)C3)c1. The van der Waals surface area contributed by atoms with Crippen LogP contribution in [0.1, 0.15) is 192 Å². The number of benzene rings is 1. The molecule has 294 valence electrons. The Bertz CT molecular complexity index is 1440. The van der Waals surface area contributed by atoms with Crippen molar-refractivity contribution in [2.75, 3.05) is 0 Å². The molecule has 16 aliphatic rings. The second-order valence-electron chi connectivity index (χ2n) is 26.0. The van der Waals surface area contributed by atoms with Crippen molar-refractivity contribution in [2.45, 2.75) is 213 Å². The Morgan fingerprint density at radius 3 is 0.870 bits per heavy atom. The fraction of sp³-hybridized carbons (Fsp3) is 0.885. The van der Waals surface area contributed by atoms with Crippen LogP contribution in [-0.4, -0.2) is 20.6 Å². The molecule has 17 rings (SSSR count). The molecule has 16 aliphatic carbocycles. The summed E-state index contributed by atoms with van der Waals surface area (Å²) in [4.78, 5) is 0. The van der Waals surface area contributed by atoms with Gasteiger partial charge in [0.05, 0.1) is 0 Å². The molecular formula is C52H76P2. The molecule has 0 heterocycles. The summed E-state index contributed by atoms with van der Waals surface area (Å²) in [6, 6.07) is 8.50. The summed E-state index contributed by atoms with van der Waals surface area (Å²) in [6.45, 7) is 7.60. The predicted octanol–water partition coefficient (Wildman–Crippen LogP) is 14.8. The van der Waals surface area contributed by atoms with E-state index in [0.717, 1.165) is 91.6 Å². The van der Waals surface area contributed by atoms with Crippen LogP contribution in [0.25, 0.3) is 0 Å². The zero-order valence-electron chi connectivity index (χ0n) is 34.9. The maximum Gasteiger partial charge on any atom is -0.00601 e. The number of hydrogen-bond donors (Lipinski definition) is 0. The van der Waals surface area contributed by atoms with E-state index in [4.69, 9.17) is 0 Å². The Morgan fingerprint density at radius 1 is 0.389 bits per heavy atom. The number of hydrogen-bond acceptors (Lipinski definition) is 0. The summed E-state index contributed by atoms with van der Waals surface area (Å²) in [5.74, 6) is 13.1. The topological polar surface area (TPSA) is 0 Å². The smallest absolute Gasteiger partial charge is 0.00601 e. The van der Waals surface area contributed by atoms with Crippen LogP contribution in [0.5, 0.6) is 0 Å². The first kappa shape index (κ1) is 34.9. The highest BCUT2D eigenvalue weighted by Crippen LogP contribution is 2.82. The lowest BCUT2D eigenvalue weighted by Crippen LogP contribution is -2.57. The van der Waals surface area contributed by atoms with Gasteiger partial charge in [0, 0.05) is 0 Å². The maximum absolute atomic E-state index is 2.94. The molecule has 1 aromatic carbocycles. The van der Waals surface area contributed by atoms with Gasteiger partial charge in [-0.1, -0.05) is 54.8 Å². The highest BCUT2D eigenvalue weighted by molar-refractivity contribution is 7.60. The van der Waals surface area contributed by atoms with Gasteiger partial charge in [0.1, 0.15) is 0 Å². The Kier molecular flexibility index (Phi) is 7.68. The van der Waals surface area contributed by atoms with E-state index in [9.17, 15) is 0 Å². The van der Waals surface area contributed by atoms with Crippen LogP contribution in [-0.2, 0) is 17.7 Å². The first-order valence-corrected chi connectivity index (χ1v) is 27.7. The van der Waals surface area contributed by atoms with Gasteiger partial charge in [-0.05, 0) is 280 Å². The molecule has 0 saturated heterocycles. The first-order chi connectivity index (χ1) is 26.0. The molecule has 54 heavy (non-hydrogen) atoms. The van der Waals surface area contributed by atoms with Gasteiger partial charge in [-0.25, -0.2) is 0 Å². The van der Waals surface area contributed by atoms with Crippen molar-refractivity contribution >= 4 is 15.8 Å². The summed E-state index contributed by atoms with van der Waals surface area (Å²) < 4.78 is 0. The van der Waals surface area contributed by atoms with Crippen LogP contribution >= 0.6 is 15.8 Å². The monoisotopic (exact) mass is 763 g/mol. The average molecular weight is 763 g/mol. The van der Waals surface area contributed by atoms with E-state index in [1.165, 1.54) is 6.16 Å². The van der Waals surface area contributed by atoms with Gasteiger partial charge in [-0.3, -0.25) is 0 Å². The van der Waals surface area contributed by atoms with Crippen molar-refractivity contribution in [3.63, 3.8) is 0 Å². The third kappa shape index (κ3) is 5.37. The zero-order valence-corrected chi connectivity index (χ0v) is 36.7. The third-order valence-corrected chi connectivity index (χ3v) is 29.1. The minimum Gasteiger partial charge on any atom is -0.0894 e. The summed E-state index contributed by atoms with van der Waals surface area (Å²) in [5, 5.41) is 2.94. The zero-order chi connectivity index (χ0) is 35.8. The Morgan fingerprint density at radius 2 is 0.630 bits per heavy atom. The van der Waals surface area contributed by atoms with E-state index >= 15 is 0 Å². The highest BCUT2D eigenvalue weighted by atomic mass is 31.1. The minimum atomic E-state index is -0.0215. The van der Waals surface area contributed by atoms with Crippen molar-refractivity contribution in [3.05, 3.63) is 34.9 Å². The molecule has 0 nitrogen and oxygen atoms in total. The standard InChI is InChI=1S/C52H76P2/c1-48(2,3)47-5-4-45(31-53(49-19-33-6-34(20-49)8-35(7-33)21-49)50-22-36-9-37(23-50)11-38(10-36)24-50)46(18-47)32-54(51-25-39-12-40(26-51)14-41(13-39)27-51)52-28-42-15-43(29-52)17-44(16-42)30-52/h4-5,18,33-44H,6-17,19-32H2,1-3H3. The number of rotatable bonds is 8. The van der Waals surface area contributed by atoms with Crippen LogP contribution in [0.2, 0.25) is 0 Å². The highest BCUT2D eigenvalue weighted by Gasteiger charge is 2.64. The van der Waals surface area contributed by atoms with E-state index in [2.05, 4.69) is 39.0 Å². The van der Waals surface area contributed by atoms with Gasteiger partial charge in [-0.2, -0.15) is 0 Å². The molecule has 0 aliphatic heterocycles. The van der Waals surface area contributed by atoms with E-state index in [0.29, 0.717) is 0 Å². The molecule has 0 unspecified atom stereocenters. The summed E-state index contributed by atoms with van der Waals surface area (Å²) in [6.07, 6.45) is 42.5. The fourth-order valence-electron chi connectivity index (χ4n) is 21.0. The van der Waals surface area contributed by atoms with Crippen LogP contribution in [0.3, 0.4) is 0 Å². The molecule has 0 N–H and O–H groups in total. The van der Waals surface area contributed by atoms with Crippen LogP contribution in [0.4, 0.5) is 0 Å². The van der Waals surface area contributed by atoms with Gasteiger partial charge >= 0.3 is 0 Å². The lowest BCUT2D eigenvalue weighted by atomic mass is 9.55. The Hall–Kier alpha value is 0.0800. The minimum absolute atomic E-state index is 0.0110. The molecule has 0 aromatic heterocycles. The molecule has 0 radical (unpaired) electrons. The quantitative estimate of drug-likeness (QED) is 0.231. The molecule has 1 aromatic rings. The van der Waals surface area contributed by atoms with Crippen molar-refractivity contribution in [1.82, 2.24) is 0 Å². The lowest BCUT2D eigenvalue weighted by molar-refractivity contribution is 0.0180. The molecule has 0 spiro atoms. The molecule has 16 fully saturated rings. The average Bonchev–Trinajstić information content (AvgIpc) is 3.07. The van der Waals surface area contributed by atoms with Gasteiger partial charge in [0.2, 0.25) is 0 Å². The van der Waals surface area contributed by atoms with Gasteiger partial charge in [0.25, 0.3) is 0 Å². The van der Waals surface area contributed by atoms with Crippen molar-refractivity contribution in [1.29, 1.82) is 0 Å². The Labute approximate surface area is 333 Å². The summed E-state index contributed by atoms with van der Waals surface area (Å²) >= 11 is 0. The second kappa shape index (κ2) is 11.9. The lowest BCUT2D eigenvalue weighted by Gasteiger charge is -2.68. The fourth-order valence-corrected chi connectivity index (χ4v) is 31.4. The van der Waals surface area contributed by atoms with Crippen molar-refractivity contribution in [3.8, 4) is 0 Å². The summed E-state index contributed by atoms with van der Waals surface area (Å²) in [5.41, 5.74) is 5.81. The van der Waals surface area contributed by atoms with Crippen LogP contribution in [0, 0.1) is 71.0 Å². The molecule has 16 bridgehead atoms. The van der Waals surface area contributed by atoms with Crippen LogP contribution < -0.4 is 0 Å². The van der Waals surface area contributed by atoms with E-state index in [1.54, 1.807) is 166 Å². The molecular weight excluding hydrogens is 687 g/mol. The maximum atomic E-state index is 2.94.